The lowest BCUT2D eigenvalue weighted by Gasteiger charge is -2.30. The smallest absolute Gasteiger partial charge is 0.407 e. The minimum Gasteiger partial charge on any atom is -0.494 e. The Morgan fingerprint density at radius 3 is 2.42 bits per heavy atom. The van der Waals surface area contributed by atoms with Gasteiger partial charge in [0.2, 0.25) is 0 Å². The lowest BCUT2D eigenvalue weighted by molar-refractivity contribution is 0.0102. The first-order chi connectivity index (χ1) is 18.0. The standard InChI is InChI=1S/C29H30ClFN2O5/c1-28(2,3)33-27(35)37-16-29(17-9-7-6-8-10-17)15-19-21(38-29)14-12-20(30)23(19)24-18(26(34)32-4)11-13-22(36-5)25(24)31/h6-14H,15-16H2,1-5H3,(H,32,34)(H,33,35). The van der Waals surface area contributed by atoms with Crippen LogP contribution in [0.25, 0.3) is 11.1 Å². The van der Waals surface area contributed by atoms with Gasteiger partial charge in [-0.15, -0.1) is 0 Å². The van der Waals surface area contributed by atoms with Crippen LogP contribution in [0.15, 0.2) is 54.6 Å². The molecule has 0 radical (unpaired) electrons. The van der Waals surface area contributed by atoms with E-state index in [1.807, 2.05) is 51.1 Å². The number of carbonyl (C=O) groups is 2. The van der Waals surface area contributed by atoms with Crippen molar-refractivity contribution >= 4 is 23.6 Å². The average Bonchev–Trinajstić information content (AvgIpc) is 3.27. The SMILES string of the molecule is CNC(=O)c1ccc(OC)c(F)c1-c1c(Cl)ccc2c1CC(COC(=O)NC(C)(C)C)(c1ccccc1)O2. The number of benzene rings is 3. The van der Waals surface area contributed by atoms with Gasteiger partial charge >= 0.3 is 6.09 Å². The van der Waals surface area contributed by atoms with Gasteiger partial charge in [-0.25, -0.2) is 9.18 Å². The van der Waals surface area contributed by atoms with E-state index in [4.69, 9.17) is 25.8 Å². The van der Waals surface area contributed by atoms with Gasteiger partial charge in [0.15, 0.2) is 17.2 Å². The molecular weight excluding hydrogens is 511 g/mol. The molecule has 3 aromatic carbocycles. The van der Waals surface area contributed by atoms with Crippen molar-refractivity contribution in [2.45, 2.75) is 38.3 Å². The van der Waals surface area contributed by atoms with E-state index in [1.54, 1.807) is 12.1 Å². The van der Waals surface area contributed by atoms with Crippen molar-refractivity contribution in [2.24, 2.45) is 0 Å². The van der Waals surface area contributed by atoms with Crippen LogP contribution in [0.3, 0.4) is 0 Å². The summed E-state index contributed by atoms with van der Waals surface area (Å²) in [5, 5.41) is 5.57. The number of hydrogen-bond donors (Lipinski definition) is 2. The number of halogens is 2. The van der Waals surface area contributed by atoms with E-state index < -0.39 is 29.0 Å². The molecule has 4 rings (SSSR count). The second-order valence-corrected chi connectivity index (χ2v) is 10.5. The molecule has 7 nitrogen and oxygen atoms in total. The van der Waals surface area contributed by atoms with E-state index in [1.165, 1.54) is 26.3 Å². The molecule has 0 aliphatic carbocycles. The van der Waals surface area contributed by atoms with Crippen LogP contribution in [-0.2, 0) is 16.8 Å². The molecule has 2 amide bonds. The molecule has 2 N–H and O–H groups in total. The van der Waals surface area contributed by atoms with Gasteiger partial charge in [-0.1, -0.05) is 41.9 Å². The first-order valence-electron chi connectivity index (χ1n) is 12.1. The monoisotopic (exact) mass is 540 g/mol. The Kier molecular flexibility index (Phi) is 7.56. The molecule has 0 aromatic heterocycles. The zero-order valence-electron chi connectivity index (χ0n) is 21.9. The Bertz CT molecular complexity index is 1370. The number of amides is 2. The predicted molar refractivity (Wildman–Crippen MR) is 143 cm³/mol. The minimum absolute atomic E-state index is 0.00408. The molecule has 1 heterocycles. The van der Waals surface area contributed by atoms with Crippen LogP contribution in [0.5, 0.6) is 11.5 Å². The number of rotatable bonds is 6. The quantitative estimate of drug-likeness (QED) is 0.408. The summed E-state index contributed by atoms with van der Waals surface area (Å²) in [5.74, 6) is -0.789. The number of alkyl carbamates (subject to hydrolysis) is 1. The lowest BCUT2D eigenvalue weighted by Crippen LogP contribution is -2.44. The molecule has 0 bridgehead atoms. The first kappa shape index (κ1) is 27.3. The van der Waals surface area contributed by atoms with Gasteiger partial charge in [0.05, 0.1) is 12.7 Å². The van der Waals surface area contributed by atoms with E-state index in [2.05, 4.69) is 10.6 Å². The van der Waals surface area contributed by atoms with Gasteiger partial charge in [0.1, 0.15) is 12.4 Å². The van der Waals surface area contributed by atoms with E-state index in [0.717, 1.165) is 5.56 Å². The van der Waals surface area contributed by atoms with Crippen molar-refractivity contribution < 1.29 is 28.2 Å². The van der Waals surface area contributed by atoms with Gasteiger partial charge in [0.25, 0.3) is 5.91 Å². The summed E-state index contributed by atoms with van der Waals surface area (Å²) in [5.41, 5.74) is 0.163. The van der Waals surface area contributed by atoms with E-state index >= 15 is 4.39 Å². The normalized spacial score (nSPS) is 16.3. The Balaban J connectivity index is 1.85. The predicted octanol–water partition coefficient (Wildman–Crippen LogP) is 5.87. The Labute approximate surface area is 226 Å². The van der Waals surface area contributed by atoms with Crippen molar-refractivity contribution in [3.8, 4) is 22.6 Å². The van der Waals surface area contributed by atoms with E-state index in [0.29, 0.717) is 16.9 Å². The van der Waals surface area contributed by atoms with Crippen LogP contribution in [0.1, 0.15) is 42.3 Å². The maximum absolute atomic E-state index is 15.8. The molecule has 1 unspecified atom stereocenters. The summed E-state index contributed by atoms with van der Waals surface area (Å²) in [6.45, 7) is 5.44. The fourth-order valence-electron chi connectivity index (χ4n) is 4.55. The molecule has 200 valence electrons. The third-order valence-corrected chi connectivity index (χ3v) is 6.56. The zero-order chi connectivity index (χ0) is 27.7. The van der Waals surface area contributed by atoms with Crippen LogP contribution < -0.4 is 20.1 Å². The summed E-state index contributed by atoms with van der Waals surface area (Å²) in [7, 11) is 2.82. The van der Waals surface area contributed by atoms with Crippen molar-refractivity contribution in [1.82, 2.24) is 10.6 Å². The zero-order valence-corrected chi connectivity index (χ0v) is 22.7. The molecule has 0 spiro atoms. The van der Waals surface area contributed by atoms with Gasteiger partial charge < -0.3 is 24.8 Å². The first-order valence-corrected chi connectivity index (χ1v) is 12.5. The molecule has 1 aliphatic rings. The van der Waals surface area contributed by atoms with Crippen molar-refractivity contribution in [1.29, 1.82) is 0 Å². The fraction of sp³-hybridized carbons (Fsp3) is 0.310. The number of ether oxygens (including phenoxy) is 3. The second-order valence-electron chi connectivity index (χ2n) is 10.1. The topological polar surface area (TPSA) is 85.9 Å². The maximum Gasteiger partial charge on any atom is 0.407 e. The second kappa shape index (κ2) is 10.5. The highest BCUT2D eigenvalue weighted by atomic mass is 35.5. The molecule has 0 saturated carbocycles. The van der Waals surface area contributed by atoms with Gasteiger partial charge in [-0.05, 0) is 50.6 Å². The number of fused-ring (bicyclic) bond motifs is 1. The third kappa shape index (κ3) is 5.27. The van der Waals surface area contributed by atoms with Crippen LogP contribution in [0, 0.1) is 5.82 Å². The molecule has 38 heavy (non-hydrogen) atoms. The van der Waals surface area contributed by atoms with Crippen LogP contribution >= 0.6 is 11.6 Å². The summed E-state index contributed by atoms with van der Waals surface area (Å²) in [6, 6.07) is 15.5. The minimum atomic E-state index is -1.11. The number of nitrogens with one attached hydrogen (secondary N) is 2. The third-order valence-electron chi connectivity index (χ3n) is 6.25. The molecule has 3 aromatic rings. The van der Waals surface area contributed by atoms with Crippen molar-refractivity contribution in [2.75, 3.05) is 20.8 Å². The van der Waals surface area contributed by atoms with Crippen LogP contribution in [0.4, 0.5) is 9.18 Å². The number of hydrogen-bond acceptors (Lipinski definition) is 5. The van der Waals surface area contributed by atoms with Gasteiger partial charge in [0, 0.05) is 40.7 Å². The molecule has 1 aliphatic heterocycles. The average molecular weight is 541 g/mol. The summed E-state index contributed by atoms with van der Waals surface area (Å²) >= 11 is 6.68. The van der Waals surface area contributed by atoms with Crippen LogP contribution in [-0.4, -0.2) is 38.3 Å². The molecule has 9 heteroatoms. The molecule has 0 saturated heterocycles. The Hall–Kier alpha value is -3.78. The fourth-order valence-corrected chi connectivity index (χ4v) is 4.82. The highest BCUT2D eigenvalue weighted by Gasteiger charge is 2.45. The Morgan fingerprint density at radius 2 is 1.79 bits per heavy atom. The number of carbonyl (C=O) groups excluding carboxylic acids is 2. The lowest BCUT2D eigenvalue weighted by atomic mass is 9.86. The highest BCUT2D eigenvalue weighted by Crippen LogP contribution is 2.50. The summed E-state index contributed by atoms with van der Waals surface area (Å²) in [4.78, 5) is 25.3. The molecule has 0 fully saturated rings. The number of methoxy groups -OCH3 is 1. The van der Waals surface area contributed by atoms with Crippen molar-refractivity contribution in [3.63, 3.8) is 0 Å². The maximum atomic E-state index is 15.8. The Morgan fingerprint density at radius 1 is 1.08 bits per heavy atom. The van der Waals surface area contributed by atoms with Gasteiger partial charge in [-0.3, -0.25) is 4.79 Å². The summed E-state index contributed by atoms with van der Waals surface area (Å²) < 4.78 is 33.1. The largest absolute Gasteiger partial charge is 0.494 e. The van der Waals surface area contributed by atoms with Gasteiger partial charge in [-0.2, -0.15) is 0 Å². The van der Waals surface area contributed by atoms with E-state index in [-0.39, 0.29) is 34.9 Å². The van der Waals surface area contributed by atoms with Crippen LogP contribution in [0.2, 0.25) is 5.02 Å². The molecule has 1 atom stereocenters. The highest BCUT2D eigenvalue weighted by molar-refractivity contribution is 6.34. The van der Waals surface area contributed by atoms with Crippen molar-refractivity contribution in [3.05, 3.63) is 82.1 Å². The molecular formula is C29H30ClFN2O5. The summed E-state index contributed by atoms with van der Waals surface area (Å²) in [6.07, 6.45) is -0.388. The van der Waals surface area contributed by atoms with E-state index in [9.17, 15) is 9.59 Å².